The van der Waals surface area contributed by atoms with Gasteiger partial charge in [-0.1, -0.05) is 38.8 Å². The molecule has 0 spiro atoms. The van der Waals surface area contributed by atoms with Gasteiger partial charge in [0.1, 0.15) is 0 Å². The monoisotopic (exact) mass is 345 g/mol. The summed E-state index contributed by atoms with van der Waals surface area (Å²) in [4.78, 5) is 0. The predicted octanol–water partition coefficient (Wildman–Crippen LogP) is 4.59. The Hall–Kier alpha value is 0.140. The van der Waals surface area contributed by atoms with Gasteiger partial charge in [0.15, 0.2) is 0 Å². The third-order valence-corrected chi connectivity index (χ3v) is 4.59. The quantitative estimate of drug-likeness (QED) is 0.844. The fourth-order valence-electron chi connectivity index (χ4n) is 2.39. The van der Waals surface area contributed by atoms with Crippen LogP contribution in [-0.4, -0.2) is 6.54 Å². The molecule has 1 aliphatic rings. The van der Waals surface area contributed by atoms with Crippen LogP contribution in [0.5, 0.6) is 0 Å². The van der Waals surface area contributed by atoms with Gasteiger partial charge in [-0.2, -0.15) is 0 Å². The molecule has 1 aromatic carbocycles. The first-order valence-electron chi connectivity index (χ1n) is 5.94. The number of fused-ring (bicyclic) bond motifs is 1. The third-order valence-electron chi connectivity index (χ3n) is 3.16. The molecule has 0 aromatic heterocycles. The summed E-state index contributed by atoms with van der Waals surface area (Å²) in [7, 11) is 0. The molecule has 0 heterocycles. The summed E-state index contributed by atoms with van der Waals surface area (Å²) < 4.78 is 2.51. The molecule has 1 atom stereocenters. The number of benzene rings is 1. The molecule has 0 bridgehead atoms. The van der Waals surface area contributed by atoms with Crippen molar-refractivity contribution in [1.82, 2.24) is 5.32 Å². The zero-order valence-corrected chi connectivity index (χ0v) is 12.7. The van der Waals surface area contributed by atoms with E-state index in [0.717, 1.165) is 6.54 Å². The van der Waals surface area contributed by atoms with E-state index >= 15 is 0 Å². The lowest BCUT2D eigenvalue weighted by Gasteiger charge is -2.28. The molecule has 1 unspecified atom stereocenters. The smallest absolute Gasteiger partial charge is 0.0334 e. The zero-order valence-electron chi connectivity index (χ0n) is 9.52. The van der Waals surface area contributed by atoms with Crippen LogP contribution in [0.4, 0.5) is 0 Å². The van der Waals surface area contributed by atoms with E-state index in [4.69, 9.17) is 0 Å². The van der Waals surface area contributed by atoms with Crippen LogP contribution >= 0.6 is 31.9 Å². The third kappa shape index (κ3) is 2.52. The van der Waals surface area contributed by atoms with Crippen LogP contribution in [0, 0.1) is 0 Å². The van der Waals surface area contributed by atoms with Gasteiger partial charge in [0, 0.05) is 15.0 Å². The maximum Gasteiger partial charge on any atom is 0.0334 e. The summed E-state index contributed by atoms with van der Waals surface area (Å²) in [6.45, 7) is 3.32. The van der Waals surface area contributed by atoms with Crippen LogP contribution in [-0.2, 0) is 6.42 Å². The van der Waals surface area contributed by atoms with Crippen molar-refractivity contribution in [2.45, 2.75) is 38.6 Å². The molecular weight excluding hydrogens is 330 g/mol. The molecule has 1 aromatic rings. The summed E-state index contributed by atoms with van der Waals surface area (Å²) in [5.74, 6) is 0. The lowest BCUT2D eigenvalue weighted by Crippen LogP contribution is -2.26. The molecule has 0 aliphatic heterocycles. The van der Waals surface area contributed by atoms with Gasteiger partial charge in [-0.15, -0.1) is 0 Å². The second kappa shape index (κ2) is 5.65. The maximum absolute atomic E-state index is 3.69. The number of nitrogens with one attached hydrogen (secondary N) is 1. The van der Waals surface area contributed by atoms with E-state index < -0.39 is 0 Å². The molecule has 0 radical (unpaired) electrons. The van der Waals surface area contributed by atoms with E-state index in [1.807, 2.05) is 0 Å². The van der Waals surface area contributed by atoms with Crippen LogP contribution < -0.4 is 5.32 Å². The van der Waals surface area contributed by atoms with Crippen molar-refractivity contribution in [3.05, 3.63) is 32.2 Å². The lowest BCUT2D eigenvalue weighted by molar-refractivity contribution is 0.458. The normalized spacial score (nSPS) is 19.6. The molecule has 0 fully saturated rings. The summed E-state index contributed by atoms with van der Waals surface area (Å²) in [6, 6.07) is 4.82. The molecule has 0 saturated heterocycles. The first kappa shape index (κ1) is 12.6. The summed E-state index contributed by atoms with van der Waals surface area (Å²) in [5.41, 5.74) is 2.95. The Labute approximate surface area is 114 Å². The highest BCUT2D eigenvalue weighted by Crippen LogP contribution is 2.38. The van der Waals surface area contributed by atoms with Crippen LogP contribution in [0.15, 0.2) is 21.1 Å². The highest BCUT2D eigenvalue weighted by Gasteiger charge is 2.23. The molecular formula is C13H17Br2N. The predicted molar refractivity (Wildman–Crippen MR) is 75.8 cm³/mol. The fraction of sp³-hybridized carbons (Fsp3) is 0.538. The van der Waals surface area contributed by atoms with Crippen LogP contribution in [0.1, 0.15) is 43.4 Å². The summed E-state index contributed by atoms with van der Waals surface area (Å²) in [6.07, 6.45) is 4.92. The SMILES string of the molecule is CCCNC1CCCc2c(Br)ccc(Br)c21. The second-order valence-corrected chi connectivity index (χ2v) is 6.03. The van der Waals surface area contributed by atoms with Gasteiger partial charge in [0.25, 0.3) is 0 Å². The zero-order chi connectivity index (χ0) is 11.5. The molecule has 2 rings (SSSR count). The largest absolute Gasteiger partial charge is 0.310 e. The van der Waals surface area contributed by atoms with E-state index in [1.54, 1.807) is 0 Å². The van der Waals surface area contributed by atoms with Crippen molar-refractivity contribution in [2.75, 3.05) is 6.54 Å². The van der Waals surface area contributed by atoms with E-state index in [2.05, 4.69) is 56.2 Å². The summed E-state index contributed by atoms with van der Waals surface area (Å²) in [5, 5.41) is 3.64. The minimum atomic E-state index is 0.524. The highest BCUT2D eigenvalue weighted by molar-refractivity contribution is 9.11. The Bertz CT molecular complexity index is 376. The number of rotatable bonds is 3. The van der Waals surface area contributed by atoms with Gasteiger partial charge in [-0.3, -0.25) is 0 Å². The maximum atomic E-state index is 3.69. The van der Waals surface area contributed by atoms with E-state index in [0.29, 0.717) is 6.04 Å². The van der Waals surface area contributed by atoms with Gasteiger partial charge >= 0.3 is 0 Å². The van der Waals surface area contributed by atoms with Gasteiger partial charge in [0.2, 0.25) is 0 Å². The Balaban J connectivity index is 2.33. The first-order valence-corrected chi connectivity index (χ1v) is 7.52. The van der Waals surface area contributed by atoms with Gasteiger partial charge in [-0.25, -0.2) is 0 Å². The Morgan fingerprint density at radius 2 is 2.06 bits per heavy atom. The average molecular weight is 347 g/mol. The Morgan fingerprint density at radius 1 is 1.31 bits per heavy atom. The average Bonchev–Trinajstić information content (AvgIpc) is 2.31. The van der Waals surface area contributed by atoms with Crippen LogP contribution in [0.2, 0.25) is 0 Å². The summed E-state index contributed by atoms with van der Waals surface area (Å²) >= 11 is 7.35. The molecule has 1 aliphatic carbocycles. The van der Waals surface area contributed by atoms with Crippen LogP contribution in [0.25, 0.3) is 0 Å². The van der Waals surface area contributed by atoms with Crippen LogP contribution in [0.3, 0.4) is 0 Å². The van der Waals surface area contributed by atoms with Crippen molar-refractivity contribution in [2.24, 2.45) is 0 Å². The molecule has 88 valence electrons. The number of hydrogen-bond donors (Lipinski definition) is 1. The van der Waals surface area contributed by atoms with E-state index in [9.17, 15) is 0 Å². The van der Waals surface area contributed by atoms with E-state index in [1.165, 1.54) is 45.8 Å². The van der Waals surface area contributed by atoms with Crippen molar-refractivity contribution < 1.29 is 0 Å². The minimum Gasteiger partial charge on any atom is -0.310 e. The minimum absolute atomic E-state index is 0.524. The van der Waals surface area contributed by atoms with Crippen molar-refractivity contribution in [3.63, 3.8) is 0 Å². The lowest BCUT2D eigenvalue weighted by atomic mass is 9.87. The van der Waals surface area contributed by atoms with Crippen molar-refractivity contribution >= 4 is 31.9 Å². The Kier molecular flexibility index (Phi) is 4.45. The van der Waals surface area contributed by atoms with Crippen molar-refractivity contribution in [1.29, 1.82) is 0 Å². The van der Waals surface area contributed by atoms with Gasteiger partial charge < -0.3 is 5.32 Å². The standard InChI is InChI=1S/C13H17Br2N/c1-2-8-16-12-5-3-4-9-10(14)6-7-11(15)13(9)12/h6-7,12,16H,2-5,8H2,1H3. The molecule has 0 amide bonds. The fourth-order valence-corrected chi connectivity index (χ4v) is 3.58. The topological polar surface area (TPSA) is 12.0 Å². The number of halogens is 2. The van der Waals surface area contributed by atoms with Gasteiger partial charge in [-0.05, 0) is 55.5 Å². The highest BCUT2D eigenvalue weighted by atomic mass is 79.9. The number of hydrogen-bond acceptors (Lipinski definition) is 1. The van der Waals surface area contributed by atoms with Gasteiger partial charge in [0.05, 0.1) is 0 Å². The van der Waals surface area contributed by atoms with Crippen molar-refractivity contribution in [3.8, 4) is 0 Å². The molecule has 0 saturated carbocycles. The molecule has 1 N–H and O–H groups in total. The molecule has 16 heavy (non-hydrogen) atoms. The second-order valence-electron chi connectivity index (χ2n) is 4.32. The Morgan fingerprint density at radius 3 is 2.81 bits per heavy atom. The first-order chi connectivity index (χ1) is 7.74. The molecule has 3 heteroatoms. The molecule has 1 nitrogen and oxygen atoms in total. The van der Waals surface area contributed by atoms with E-state index in [-0.39, 0.29) is 0 Å².